The van der Waals surface area contributed by atoms with Gasteiger partial charge in [0.25, 0.3) is 0 Å². The van der Waals surface area contributed by atoms with E-state index in [-0.39, 0.29) is 17.7 Å². The molecule has 1 aliphatic heterocycles. The standard InChI is InChI=1S/C13H23N3O/c1-13(2,10-15-12(17)6-7-14)11-5-4-8-16(3)9-11/h11H,4-6,8-10H2,1-3H3,(H,15,17). The van der Waals surface area contributed by atoms with Crippen molar-refractivity contribution in [1.82, 2.24) is 10.2 Å². The van der Waals surface area contributed by atoms with Crippen LogP contribution in [-0.2, 0) is 4.79 Å². The maximum Gasteiger partial charge on any atom is 0.234 e. The zero-order valence-electron chi connectivity index (χ0n) is 11.1. The van der Waals surface area contributed by atoms with Crippen LogP contribution < -0.4 is 5.32 Å². The molecule has 96 valence electrons. The number of piperidine rings is 1. The summed E-state index contributed by atoms with van der Waals surface area (Å²) in [6.07, 6.45) is 2.42. The van der Waals surface area contributed by atoms with Gasteiger partial charge in [0.05, 0.1) is 6.07 Å². The van der Waals surface area contributed by atoms with Gasteiger partial charge >= 0.3 is 0 Å². The van der Waals surface area contributed by atoms with Crippen molar-refractivity contribution in [1.29, 1.82) is 5.26 Å². The quantitative estimate of drug-likeness (QED) is 0.803. The van der Waals surface area contributed by atoms with Crippen LogP contribution >= 0.6 is 0 Å². The highest BCUT2D eigenvalue weighted by molar-refractivity contribution is 5.77. The lowest BCUT2D eigenvalue weighted by atomic mass is 9.74. The number of hydrogen-bond acceptors (Lipinski definition) is 3. The Labute approximate surface area is 104 Å². The van der Waals surface area contributed by atoms with Crippen LogP contribution in [0.3, 0.4) is 0 Å². The highest BCUT2D eigenvalue weighted by atomic mass is 16.1. The molecule has 0 aromatic carbocycles. The summed E-state index contributed by atoms with van der Waals surface area (Å²) in [5.41, 5.74) is 0.0970. The van der Waals surface area contributed by atoms with Crippen molar-refractivity contribution in [2.45, 2.75) is 33.1 Å². The van der Waals surface area contributed by atoms with E-state index < -0.39 is 0 Å². The van der Waals surface area contributed by atoms with Crippen LogP contribution in [0, 0.1) is 22.7 Å². The fourth-order valence-electron chi connectivity index (χ4n) is 2.41. The zero-order chi connectivity index (χ0) is 12.9. The molecule has 0 radical (unpaired) electrons. The molecular weight excluding hydrogens is 214 g/mol. The summed E-state index contributed by atoms with van der Waals surface area (Å²) >= 11 is 0. The molecule has 0 saturated carbocycles. The summed E-state index contributed by atoms with van der Waals surface area (Å²) in [6, 6.07) is 1.87. The van der Waals surface area contributed by atoms with Gasteiger partial charge in [0.1, 0.15) is 6.42 Å². The Hall–Kier alpha value is -1.08. The van der Waals surface area contributed by atoms with Gasteiger partial charge in [0, 0.05) is 13.1 Å². The molecule has 4 nitrogen and oxygen atoms in total. The van der Waals surface area contributed by atoms with E-state index in [2.05, 4.69) is 31.1 Å². The number of rotatable bonds is 4. The maximum absolute atomic E-state index is 11.3. The lowest BCUT2D eigenvalue weighted by Gasteiger charge is -2.40. The number of nitrogens with zero attached hydrogens (tertiary/aromatic N) is 2. The van der Waals surface area contributed by atoms with E-state index in [0.29, 0.717) is 12.5 Å². The third-order valence-electron chi connectivity index (χ3n) is 3.71. The van der Waals surface area contributed by atoms with Crippen molar-refractivity contribution in [3.8, 4) is 6.07 Å². The van der Waals surface area contributed by atoms with E-state index in [9.17, 15) is 4.79 Å². The monoisotopic (exact) mass is 237 g/mol. The van der Waals surface area contributed by atoms with E-state index in [0.717, 1.165) is 6.54 Å². The molecule has 1 atom stereocenters. The number of amides is 1. The molecule has 0 bridgehead atoms. The van der Waals surface area contributed by atoms with Crippen LogP contribution in [0.4, 0.5) is 0 Å². The van der Waals surface area contributed by atoms with Gasteiger partial charge in [0.2, 0.25) is 5.91 Å². The van der Waals surface area contributed by atoms with Crippen LogP contribution in [-0.4, -0.2) is 37.5 Å². The third-order valence-corrected chi connectivity index (χ3v) is 3.71. The van der Waals surface area contributed by atoms with Crippen molar-refractivity contribution in [2.75, 3.05) is 26.7 Å². The Morgan fingerprint density at radius 3 is 2.88 bits per heavy atom. The fourth-order valence-corrected chi connectivity index (χ4v) is 2.41. The second-order valence-corrected chi connectivity index (χ2v) is 5.70. The minimum Gasteiger partial charge on any atom is -0.355 e. The molecule has 17 heavy (non-hydrogen) atoms. The summed E-state index contributed by atoms with van der Waals surface area (Å²) in [6.45, 7) is 7.33. The van der Waals surface area contributed by atoms with Crippen molar-refractivity contribution in [2.24, 2.45) is 11.3 Å². The SMILES string of the molecule is CN1CCCC(C(C)(C)CNC(=O)CC#N)C1. The largest absolute Gasteiger partial charge is 0.355 e. The third kappa shape index (κ3) is 4.35. The van der Waals surface area contributed by atoms with Crippen molar-refractivity contribution >= 4 is 5.91 Å². The Balaban J connectivity index is 2.44. The minimum absolute atomic E-state index is 0.0410. The first-order valence-electron chi connectivity index (χ1n) is 6.28. The highest BCUT2D eigenvalue weighted by Gasteiger charge is 2.32. The molecule has 4 heteroatoms. The maximum atomic E-state index is 11.3. The normalized spacial score (nSPS) is 21.9. The average molecular weight is 237 g/mol. The Morgan fingerprint density at radius 1 is 1.59 bits per heavy atom. The van der Waals surface area contributed by atoms with Crippen molar-refractivity contribution in [3.63, 3.8) is 0 Å². The first-order chi connectivity index (χ1) is 7.95. The van der Waals surface area contributed by atoms with Gasteiger partial charge in [-0.1, -0.05) is 13.8 Å². The molecule has 0 aromatic heterocycles. The average Bonchev–Trinajstić information content (AvgIpc) is 2.27. The molecule has 1 amide bonds. The lowest BCUT2D eigenvalue weighted by Crippen LogP contribution is -2.45. The molecule has 0 aromatic rings. The Kier molecular flexibility index (Phi) is 4.95. The smallest absolute Gasteiger partial charge is 0.234 e. The first-order valence-corrected chi connectivity index (χ1v) is 6.28. The van der Waals surface area contributed by atoms with Crippen molar-refractivity contribution < 1.29 is 4.79 Å². The van der Waals surface area contributed by atoms with Gasteiger partial charge in [-0.15, -0.1) is 0 Å². The van der Waals surface area contributed by atoms with Crippen LogP contribution in [0.2, 0.25) is 0 Å². The molecule has 0 aliphatic carbocycles. The first kappa shape index (κ1) is 14.0. The Morgan fingerprint density at radius 2 is 2.29 bits per heavy atom. The van der Waals surface area contributed by atoms with Crippen molar-refractivity contribution in [3.05, 3.63) is 0 Å². The summed E-state index contributed by atoms with van der Waals surface area (Å²) < 4.78 is 0. The van der Waals surface area contributed by atoms with Crippen LogP contribution in [0.15, 0.2) is 0 Å². The number of carbonyl (C=O) groups is 1. The number of carbonyl (C=O) groups excluding carboxylic acids is 1. The molecule has 1 aliphatic rings. The van der Waals surface area contributed by atoms with E-state index in [1.165, 1.54) is 19.4 Å². The van der Waals surface area contributed by atoms with Gasteiger partial charge in [-0.3, -0.25) is 4.79 Å². The van der Waals surface area contributed by atoms with E-state index in [1.807, 2.05) is 6.07 Å². The highest BCUT2D eigenvalue weighted by Crippen LogP contribution is 2.32. The van der Waals surface area contributed by atoms with Gasteiger partial charge in [-0.2, -0.15) is 5.26 Å². The summed E-state index contributed by atoms with van der Waals surface area (Å²) in [7, 11) is 2.15. The summed E-state index contributed by atoms with van der Waals surface area (Å²) in [5, 5.41) is 11.3. The van der Waals surface area contributed by atoms with Gasteiger partial charge in [-0.25, -0.2) is 0 Å². The number of nitrogens with one attached hydrogen (secondary N) is 1. The lowest BCUT2D eigenvalue weighted by molar-refractivity contribution is -0.120. The number of nitriles is 1. The van der Waals surface area contributed by atoms with Crippen LogP contribution in [0.5, 0.6) is 0 Å². The summed E-state index contributed by atoms with van der Waals surface area (Å²) in [4.78, 5) is 13.6. The van der Waals surface area contributed by atoms with Gasteiger partial charge in [-0.05, 0) is 37.8 Å². The van der Waals surface area contributed by atoms with E-state index >= 15 is 0 Å². The molecule has 0 spiro atoms. The van der Waals surface area contributed by atoms with E-state index in [4.69, 9.17) is 5.26 Å². The molecule has 1 unspecified atom stereocenters. The Bertz CT molecular complexity index is 306. The molecule has 1 N–H and O–H groups in total. The van der Waals surface area contributed by atoms with Gasteiger partial charge < -0.3 is 10.2 Å². The van der Waals surface area contributed by atoms with Gasteiger partial charge in [0.15, 0.2) is 0 Å². The number of likely N-dealkylation sites (tertiary alicyclic amines) is 1. The molecular formula is C13H23N3O. The van der Waals surface area contributed by atoms with E-state index in [1.54, 1.807) is 0 Å². The fraction of sp³-hybridized carbons (Fsp3) is 0.846. The summed E-state index contributed by atoms with van der Waals surface area (Å²) in [5.74, 6) is 0.452. The predicted molar refractivity (Wildman–Crippen MR) is 67.2 cm³/mol. The topological polar surface area (TPSA) is 56.1 Å². The van der Waals surface area contributed by atoms with Crippen LogP contribution in [0.25, 0.3) is 0 Å². The molecule has 1 rings (SSSR count). The minimum atomic E-state index is -0.162. The second kappa shape index (κ2) is 6.02. The zero-order valence-corrected chi connectivity index (χ0v) is 11.1. The molecule has 1 fully saturated rings. The second-order valence-electron chi connectivity index (χ2n) is 5.70. The molecule has 1 heterocycles. The van der Waals surface area contributed by atoms with Crippen LogP contribution in [0.1, 0.15) is 33.1 Å². The molecule has 1 saturated heterocycles. The number of hydrogen-bond donors (Lipinski definition) is 1. The predicted octanol–water partition coefficient (Wildman–Crippen LogP) is 1.38.